The largest absolute Gasteiger partial charge is 0.390 e. The van der Waals surface area contributed by atoms with Gasteiger partial charge in [0.25, 0.3) is 0 Å². The average molecular weight is 278 g/mol. The molecule has 112 valence electrons. The van der Waals surface area contributed by atoms with Crippen molar-refractivity contribution in [3.8, 4) is 0 Å². The molecule has 1 aromatic rings. The first kappa shape index (κ1) is 15.4. The van der Waals surface area contributed by atoms with E-state index in [4.69, 9.17) is 5.73 Å². The lowest BCUT2D eigenvalue weighted by atomic mass is 9.98. The van der Waals surface area contributed by atoms with Gasteiger partial charge in [0.2, 0.25) is 0 Å². The van der Waals surface area contributed by atoms with Gasteiger partial charge in [-0.25, -0.2) is 0 Å². The number of aliphatic hydroxyl groups is 2. The predicted molar refractivity (Wildman–Crippen MR) is 80.2 cm³/mol. The number of benzene rings is 1. The first-order chi connectivity index (χ1) is 9.50. The summed E-state index contributed by atoms with van der Waals surface area (Å²) in [5.74, 6) is 0. The van der Waals surface area contributed by atoms with Gasteiger partial charge in [-0.2, -0.15) is 0 Å². The second-order valence-corrected chi connectivity index (χ2v) is 6.11. The van der Waals surface area contributed by atoms with Crippen molar-refractivity contribution in [1.82, 2.24) is 4.90 Å². The first-order valence-electron chi connectivity index (χ1n) is 7.42. The van der Waals surface area contributed by atoms with Gasteiger partial charge < -0.3 is 20.8 Å². The summed E-state index contributed by atoms with van der Waals surface area (Å²) in [5, 5.41) is 20.4. The van der Waals surface area contributed by atoms with Crippen LogP contribution in [0.1, 0.15) is 43.4 Å². The maximum Gasteiger partial charge on any atom is 0.0916 e. The highest BCUT2D eigenvalue weighted by Crippen LogP contribution is 2.23. The molecule has 0 spiro atoms. The van der Waals surface area contributed by atoms with E-state index in [1.54, 1.807) is 0 Å². The van der Waals surface area contributed by atoms with Gasteiger partial charge in [-0.1, -0.05) is 24.3 Å². The van der Waals surface area contributed by atoms with Crippen LogP contribution in [0.2, 0.25) is 0 Å². The minimum absolute atomic E-state index is 0.482. The number of hydrogen-bond acceptors (Lipinski definition) is 4. The minimum atomic E-state index is -0.553. The highest BCUT2D eigenvalue weighted by Gasteiger charge is 2.25. The fraction of sp³-hybridized carbons (Fsp3) is 0.625. The van der Waals surface area contributed by atoms with Gasteiger partial charge in [-0.15, -0.1) is 0 Å². The number of β-amino-alcohol motifs (C(OH)–C–C–N with tert-alkyl or cyclic N) is 1. The maximum atomic E-state index is 10.3. The summed E-state index contributed by atoms with van der Waals surface area (Å²) in [4.78, 5) is 2.24. The average Bonchev–Trinajstić information content (AvgIpc) is 2.60. The van der Waals surface area contributed by atoms with Crippen LogP contribution in [-0.2, 0) is 6.54 Å². The molecule has 2 atom stereocenters. The molecule has 0 aliphatic carbocycles. The third-order valence-electron chi connectivity index (χ3n) is 4.19. The van der Waals surface area contributed by atoms with Crippen molar-refractivity contribution < 1.29 is 10.2 Å². The van der Waals surface area contributed by atoms with E-state index in [0.29, 0.717) is 13.1 Å². The molecule has 1 fully saturated rings. The van der Waals surface area contributed by atoms with E-state index in [-0.39, 0.29) is 0 Å². The monoisotopic (exact) mass is 278 g/mol. The number of nitrogens with zero attached hydrogens (tertiary/aromatic N) is 1. The fourth-order valence-corrected chi connectivity index (χ4v) is 2.73. The Labute approximate surface area is 121 Å². The summed E-state index contributed by atoms with van der Waals surface area (Å²) in [6.45, 7) is 4.83. The van der Waals surface area contributed by atoms with E-state index in [0.717, 1.165) is 43.5 Å². The SMILES string of the molecule is CC1(O)CCCN(CC(O)c2ccc(CN)cc2)CC1. The third kappa shape index (κ3) is 4.28. The van der Waals surface area contributed by atoms with Gasteiger partial charge >= 0.3 is 0 Å². The molecule has 4 N–H and O–H groups in total. The number of aliphatic hydroxyl groups excluding tert-OH is 1. The van der Waals surface area contributed by atoms with Gasteiger partial charge in [-0.05, 0) is 43.9 Å². The molecule has 0 saturated carbocycles. The zero-order chi connectivity index (χ0) is 14.6. The fourth-order valence-electron chi connectivity index (χ4n) is 2.73. The lowest BCUT2D eigenvalue weighted by Crippen LogP contribution is -2.31. The van der Waals surface area contributed by atoms with Gasteiger partial charge in [0.15, 0.2) is 0 Å². The zero-order valence-electron chi connectivity index (χ0n) is 12.3. The molecule has 0 amide bonds. The number of nitrogens with two attached hydrogens (primary N) is 1. The Kier molecular flexibility index (Phi) is 5.16. The van der Waals surface area contributed by atoms with Crippen LogP contribution in [0.5, 0.6) is 0 Å². The molecule has 20 heavy (non-hydrogen) atoms. The molecule has 0 radical (unpaired) electrons. The number of likely N-dealkylation sites (tertiary alicyclic amines) is 1. The Morgan fingerprint density at radius 2 is 1.95 bits per heavy atom. The number of rotatable bonds is 4. The summed E-state index contributed by atoms with van der Waals surface area (Å²) in [6, 6.07) is 7.82. The Morgan fingerprint density at radius 1 is 1.25 bits per heavy atom. The Morgan fingerprint density at radius 3 is 2.60 bits per heavy atom. The Hall–Kier alpha value is -0.940. The molecular formula is C16H26N2O2. The second kappa shape index (κ2) is 6.68. The molecule has 1 saturated heterocycles. The van der Waals surface area contributed by atoms with E-state index in [1.165, 1.54) is 0 Å². The van der Waals surface area contributed by atoms with E-state index >= 15 is 0 Å². The van der Waals surface area contributed by atoms with Crippen LogP contribution < -0.4 is 5.73 Å². The van der Waals surface area contributed by atoms with Crippen LogP contribution >= 0.6 is 0 Å². The Bertz CT molecular complexity index is 417. The summed E-state index contributed by atoms with van der Waals surface area (Å²) >= 11 is 0. The van der Waals surface area contributed by atoms with Gasteiger partial charge in [0.05, 0.1) is 11.7 Å². The van der Waals surface area contributed by atoms with Gasteiger partial charge in [0.1, 0.15) is 0 Å². The molecule has 1 aliphatic rings. The Balaban J connectivity index is 1.91. The summed E-state index contributed by atoms with van der Waals surface area (Å²) in [6.07, 6.45) is 2.10. The first-order valence-corrected chi connectivity index (χ1v) is 7.42. The van der Waals surface area contributed by atoms with Crippen molar-refractivity contribution >= 4 is 0 Å². The van der Waals surface area contributed by atoms with Crippen molar-refractivity contribution in [2.75, 3.05) is 19.6 Å². The highest BCUT2D eigenvalue weighted by atomic mass is 16.3. The normalized spacial score (nSPS) is 26.2. The summed E-state index contributed by atoms with van der Waals surface area (Å²) in [7, 11) is 0. The summed E-state index contributed by atoms with van der Waals surface area (Å²) in [5.41, 5.74) is 7.03. The highest BCUT2D eigenvalue weighted by molar-refractivity contribution is 5.24. The van der Waals surface area contributed by atoms with Crippen molar-refractivity contribution in [3.63, 3.8) is 0 Å². The lowest BCUT2D eigenvalue weighted by molar-refractivity contribution is 0.0420. The van der Waals surface area contributed by atoms with Crippen LogP contribution in [0.25, 0.3) is 0 Å². The quantitative estimate of drug-likeness (QED) is 0.779. The predicted octanol–water partition coefficient (Wildman–Crippen LogP) is 1.42. The van der Waals surface area contributed by atoms with Crippen molar-refractivity contribution in [2.24, 2.45) is 5.73 Å². The van der Waals surface area contributed by atoms with Crippen molar-refractivity contribution in [1.29, 1.82) is 0 Å². The topological polar surface area (TPSA) is 69.7 Å². The van der Waals surface area contributed by atoms with E-state index in [1.807, 2.05) is 31.2 Å². The number of hydrogen-bond donors (Lipinski definition) is 3. The van der Waals surface area contributed by atoms with E-state index in [9.17, 15) is 10.2 Å². The van der Waals surface area contributed by atoms with Gasteiger partial charge in [0, 0.05) is 19.6 Å². The summed E-state index contributed by atoms with van der Waals surface area (Å²) < 4.78 is 0. The van der Waals surface area contributed by atoms with Crippen LogP contribution in [-0.4, -0.2) is 40.3 Å². The molecule has 2 rings (SSSR count). The van der Waals surface area contributed by atoms with Crippen LogP contribution in [0, 0.1) is 0 Å². The standard InChI is InChI=1S/C16H26N2O2/c1-16(20)7-2-9-18(10-8-16)12-15(19)14-5-3-13(11-17)4-6-14/h3-6,15,19-20H,2,7-12,17H2,1H3. The van der Waals surface area contributed by atoms with E-state index < -0.39 is 11.7 Å². The van der Waals surface area contributed by atoms with E-state index in [2.05, 4.69) is 4.90 Å². The molecule has 2 unspecified atom stereocenters. The molecule has 0 aromatic heterocycles. The molecule has 4 heteroatoms. The zero-order valence-corrected chi connectivity index (χ0v) is 12.3. The molecule has 0 bridgehead atoms. The third-order valence-corrected chi connectivity index (χ3v) is 4.19. The van der Waals surface area contributed by atoms with Crippen LogP contribution in [0.15, 0.2) is 24.3 Å². The molecule has 1 aliphatic heterocycles. The maximum absolute atomic E-state index is 10.3. The second-order valence-electron chi connectivity index (χ2n) is 6.11. The van der Waals surface area contributed by atoms with Crippen LogP contribution in [0.4, 0.5) is 0 Å². The molecule has 1 heterocycles. The van der Waals surface area contributed by atoms with Crippen LogP contribution in [0.3, 0.4) is 0 Å². The lowest BCUT2D eigenvalue weighted by Gasteiger charge is -2.24. The smallest absolute Gasteiger partial charge is 0.0916 e. The minimum Gasteiger partial charge on any atom is -0.390 e. The molecular weight excluding hydrogens is 252 g/mol. The van der Waals surface area contributed by atoms with Crippen molar-refractivity contribution in [2.45, 2.75) is 44.4 Å². The van der Waals surface area contributed by atoms with Gasteiger partial charge in [-0.3, -0.25) is 0 Å². The van der Waals surface area contributed by atoms with Crippen molar-refractivity contribution in [3.05, 3.63) is 35.4 Å². The molecule has 4 nitrogen and oxygen atoms in total. The molecule has 1 aromatic carbocycles.